The average molecular weight is 284 g/mol. The maximum atomic E-state index is 12.3. The Labute approximate surface area is 112 Å². The van der Waals surface area contributed by atoms with Gasteiger partial charge in [-0.25, -0.2) is 13.2 Å². The van der Waals surface area contributed by atoms with Gasteiger partial charge >= 0.3 is 6.09 Å². The quantitative estimate of drug-likeness (QED) is 0.900. The molecule has 0 aliphatic carbocycles. The summed E-state index contributed by atoms with van der Waals surface area (Å²) in [6.07, 6.45) is -0.515. The molecule has 1 fully saturated rings. The van der Waals surface area contributed by atoms with Crippen LogP contribution in [0.4, 0.5) is 4.79 Å². The van der Waals surface area contributed by atoms with Crippen LogP contribution in [0.2, 0.25) is 0 Å². The Kier molecular flexibility index (Phi) is 3.77. The van der Waals surface area contributed by atoms with Crippen molar-refractivity contribution < 1.29 is 18.3 Å². The van der Waals surface area contributed by atoms with Gasteiger partial charge in [-0.2, -0.15) is 4.31 Å². The molecule has 0 bridgehead atoms. The van der Waals surface area contributed by atoms with Crippen LogP contribution in [0.1, 0.15) is 6.42 Å². The minimum absolute atomic E-state index is 0.208. The minimum Gasteiger partial charge on any atom is -0.465 e. The fraction of sp³-hybridized carbons (Fsp3) is 0.417. The Morgan fingerprint density at radius 2 is 2.00 bits per heavy atom. The van der Waals surface area contributed by atoms with Gasteiger partial charge in [0.1, 0.15) is 0 Å². The van der Waals surface area contributed by atoms with Gasteiger partial charge in [-0.1, -0.05) is 18.2 Å². The van der Waals surface area contributed by atoms with E-state index in [1.54, 1.807) is 30.3 Å². The van der Waals surface area contributed by atoms with Crippen molar-refractivity contribution in [3.05, 3.63) is 30.3 Å². The number of benzene rings is 1. The topological polar surface area (TPSA) is 77.9 Å². The van der Waals surface area contributed by atoms with Crippen molar-refractivity contribution in [2.45, 2.75) is 17.4 Å². The zero-order valence-corrected chi connectivity index (χ0v) is 11.4. The van der Waals surface area contributed by atoms with Crippen LogP contribution in [0.25, 0.3) is 0 Å². The standard InChI is InChI=1S/C12H16N2O4S/c1-13(12(15)16)10-7-8-14(9-10)19(17,18)11-5-3-2-4-6-11/h2-6,10H,7-9H2,1H3,(H,15,16). The Morgan fingerprint density at radius 3 is 2.58 bits per heavy atom. The summed E-state index contributed by atoms with van der Waals surface area (Å²) in [5, 5.41) is 8.91. The molecule has 1 heterocycles. The first-order valence-corrected chi connectivity index (χ1v) is 7.38. The highest BCUT2D eigenvalue weighted by atomic mass is 32.2. The zero-order valence-electron chi connectivity index (χ0n) is 10.6. The van der Waals surface area contributed by atoms with E-state index in [0.717, 1.165) is 0 Å². The summed E-state index contributed by atoms with van der Waals surface area (Å²) < 4.78 is 26.0. The normalized spacial score (nSPS) is 20.4. The molecular weight excluding hydrogens is 268 g/mol. The molecule has 1 amide bonds. The number of likely N-dealkylation sites (N-methyl/N-ethyl adjacent to an activating group) is 1. The number of rotatable bonds is 3. The van der Waals surface area contributed by atoms with Gasteiger partial charge in [0, 0.05) is 26.2 Å². The third-order valence-corrected chi connectivity index (χ3v) is 5.24. The Hall–Kier alpha value is -1.60. The summed E-state index contributed by atoms with van der Waals surface area (Å²) in [7, 11) is -2.05. The molecule has 0 radical (unpaired) electrons. The second-order valence-electron chi connectivity index (χ2n) is 4.51. The summed E-state index contributed by atoms with van der Waals surface area (Å²) in [6.45, 7) is 0.555. The molecule has 1 saturated heterocycles. The molecule has 0 saturated carbocycles. The second kappa shape index (κ2) is 5.18. The van der Waals surface area contributed by atoms with Gasteiger partial charge in [-0.15, -0.1) is 0 Å². The summed E-state index contributed by atoms with van der Waals surface area (Å²) in [5.74, 6) is 0. The molecule has 1 aromatic carbocycles. The van der Waals surface area contributed by atoms with Crippen molar-refractivity contribution in [2.75, 3.05) is 20.1 Å². The van der Waals surface area contributed by atoms with Crippen LogP contribution in [0.15, 0.2) is 35.2 Å². The molecule has 1 aliphatic heterocycles. The lowest BCUT2D eigenvalue weighted by Gasteiger charge is -2.21. The Bertz CT molecular complexity index is 558. The molecule has 7 heteroatoms. The Morgan fingerprint density at radius 1 is 1.37 bits per heavy atom. The predicted octanol–water partition coefficient (Wildman–Crippen LogP) is 1.06. The van der Waals surface area contributed by atoms with Gasteiger partial charge in [0.2, 0.25) is 10.0 Å². The highest BCUT2D eigenvalue weighted by Gasteiger charge is 2.35. The van der Waals surface area contributed by atoms with Crippen molar-refractivity contribution in [1.82, 2.24) is 9.21 Å². The summed E-state index contributed by atoms with van der Waals surface area (Å²) in [4.78, 5) is 12.3. The van der Waals surface area contributed by atoms with E-state index >= 15 is 0 Å². The fourth-order valence-electron chi connectivity index (χ4n) is 2.14. The molecule has 1 N–H and O–H groups in total. The van der Waals surface area contributed by atoms with Gasteiger partial charge in [-0.3, -0.25) is 0 Å². The predicted molar refractivity (Wildman–Crippen MR) is 69.4 cm³/mol. The maximum Gasteiger partial charge on any atom is 0.407 e. The van der Waals surface area contributed by atoms with Crippen molar-refractivity contribution in [2.24, 2.45) is 0 Å². The van der Waals surface area contributed by atoms with E-state index in [-0.39, 0.29) is 17.5 Å². The molecule has 1 aromatic rings. The molecule has 6 nitrogen and oxygen atoms in total. The van der Waals surface area contributed by atoms with Gasteiger partial charge in [0.05, 0.1) is 4.90 Å². The molecule has 0 spiro atoms. The number of sulfonamides is 1. The lowest BCUT2D eigenvalue weighted by atomic mass is 10.2. The van der Waals surface area contributed by atoms with E-state index in [1.165, 1.54) is 16.3 Å². The molecule has 1 unspecified atom stereocenters. The van der Waals surface area contributed by atoms with E-state index in [9.17, 15) is 13.2 Å². The van der Waals surface area contributed by atoms with Gasteiger partial charge in [-0.05, 0) is 18.6 Å². The highest BCUT2D eigenvalue weighted by Crippen LogP contribution is 2.22. The SMILES string of the molecule is CN(C(=O)O)C1CCN(S(=O)(=O)c2ccccc2)C1. The van der Waals surface area contributed by atoms with Gasteiger partial charge in [0.15, 0.2) is 0 Å². The fourth-order valence-corrected chi connectivity index (χ4v) is 3.66. The summed E-state index contributed by atoms with van der Waals surface area (Å²) in [5.41, 5.74) is 0. The van der Waals surface area contributed by atoms with Gasteiger partial charge < -0.3 is 10.0 Å². The number of amides is 1. The third kappa shape index (κ3) is 2.71. The number of carbonyl (C=O) groups is 1. The van der Waals surface area contributed by atoms with Crippen LogP contribution < -0.4 is 0 Å². The molecule has 19 heavy (non-hydrogen) atoms. The monoisotopic (exact) mass is 284 g/mol. The van der Waals surface area contributed by atoms with Crippen molar-refractivity contribution in [3.8, 4) is 0 Å². The van der Waals surface area contributed by atoms with E-state index in [2.05, 4.69) is 0 Å². The van der Waals surface area contributed by atoms with Crippen LogP contribution in [-0.4, -0.2) is 55.0 Å². The van der Waals surface area contributed by atoms with E-state index < -0.39 is 16.1 Å². The molecule has 1 atom stereocenters. The van der Waals surface area contributed by atoms with E-state index in [0.29, 0.717) is 13.0 Å². The van der Waals surface area contributed by atoms with E-state index in [1.807, 2.05) is 0 Å². The first-order chi connectivity index (χ1) is 8.93. The molecule has 0 aromatic heterocycles. The lowest BCUT2D eigenvalue weighted by molar-refractivity contribution is 0.140. The van der Waals surface area contributed by atoms with E-state index in [4.69, 9.17) is 5.11 Å². The number of carboxylic acid groups (broad SMARTS) is 1. The van der Waals surface area contributed by atoms with Crippen LogP contribution in [0.5, 0.6) is 0 Å². The van der Waals surface area contributed by atoms with Crippen LogP contribution >= 0.6 is 0 Å². The molecule has 104 valence electrons. The number of nitrogens with zero attached hydrogens (tertiary/aromatic N) is 2. The first-order valence-electron chi connectivity index (χ1n) is 5.94. The third-order valence-electron chi connectivity index (χ3n) is 3.36. The smallest absolute Gasteiger partial charge is 0.407 e. The first kappa shape index (κ1) is 13.8. The second-order valence-corrected chi connectivity index (χ2v) is 6.45. The lowest BCUT2D eigenvalue weighted by Crippen LogP contribution is -2.39. The van der Waals surface area contributed by atoms with Crippen LogP contribution in [-0.2, 0) is 10.0 Å². The summed E-state index contributed by atoms with van der Waals surface area (Å²) >= 11 is 0. The molecule has 1 aliphatic rings. The summed E-state index contributed by atoms with van der Waals surface area (Å²) in [6, 6.07) is 7.90. The maximum absolute atomic E-state index is 12.3. The Balaban J connectivity index is 2.15. The molecular formula is C12H16N2O4S. The number of hydrogen-bond acceptors (Lipinski definition) is 3. The minimum atomic E-state index is -3.52. The van der Waals surface area contributed by atoms with Crippen molar-refractivity contribution >= 4 is 16.1 Å². The van der Waals surface area contributed by atoms with Crippen molar-refractivity contribution in [3.63, 3.8) is 0 Å². The molecule has 2 rings (SSSR count). The van der Waals surface area contributed by atoms with Crippen molar-refractivity contribution in [1.29, 1.82) is 0 Å². The zero-order chi connectivity index (χ0) is 14.0. The van der Waals surface area contributed by atoms with Gasteiger partial charge in [0.25, 0.3) is 0 Å². The number of hydrogen-bond donors (Lipinski definition) is 1. The van der Waals surface area contributed by atoms with Crippen LogP contribution in [0, 0.1) is 0 Å². The highest BCUT2D eigenvalue weighted by molar-refractivity contribution is 7.89. The largest absolute Gasteiger partial charge is 0.465 e. The van der Waals surface area contributed by atoms with Crippen LogP contribution in [0.3, 0.4) is 0 Å². The average Bonchev–Trinajstić information content (AvgIpc) is 2.89.